The fraction of sp³-hybridized carbons (Fsp3) is 0.316. The van der Waals surface area contributed by atoms with Gasteiger partial charge in [-0.05, 0) is 23.8 Å². The van der Waals surface area contributed by atoms with Crippen LogP contribution in [0.1, 0.15) is 23.6 Å². The summed E-state index contributed by atoms with van der Waals surface area (Å²) in [6.07, 6.45) is 3.05. The van der Waals surface area contributed by atoms with Gasteiger partial charge in [0, 0.05) is 38.8 Å². The molecular formula is C19H16ClF2N7O. The van der Waals surface area contributed by atoms with Gasteiger partial charge < -0.3 is 9.80 Å². The number of benzene rings is 1. The van der Waals surface area contributed by atoms with Crippen LogP contribution in [-0.2, 0) is 0 Å². The highest BCUT2D eigenvalue weighted by atomic mass is 35.5. The molecule has 2 aliphatic heterocycles. The second-order valence-corrected chi connectivity index (χ2v) is 7.20. The molecule has 1 aromatic heterocycles. The Kier molecular flexibility index (Phi) is 5.46. The zero-order valence-electron chi connectivity index (χ0n) is 15.7. The van der Waals surface area contributed by atoms with Crippen LogP contribution in [0.4, 0.5) is 19.5 Å². The van der Waals surface area contributed by atoms with Crippen molar-refractivity contribution in [3.8, 4) is 6.07 Å². The van der Waals surface area contributed by atoms with Crippen LogP contribution in [0.3, 0.4) is 0 Å². The number of anilines is 1. The molecule has 0 bridgehead atoms. The number of carbonyl (C=O) groups excluding carboxylic acids is 1. The molecule has 8 nitrogen and oxygen atoms in total. The molecule has 30 heavy (non-hydrogen) atoms. The number of hydrogen-bond donors (Lipinski definition) is 0. The molecule has 1 fully saturated rings. The van der Waals surface area contributed by atoms with E-state index in [4.69, 9.17) is 16.9 Å². The number of rotatable bonds is 2. The molecule has 0 saturated carbocycles. The lowest BCUT2D eigenvalue weighted by Crippen LogP contribution is -2.52. The maximum Gasteiger partial charge on any atom is 0.341 e. The van der Waals surface area contributed by atoms with Crippen molar-refractivity contribution in [1.82, 2.24) is 19.9 Å². The Morgan fingerprint density at radius 2 is 1.97 bits per heavy atom. The van der Waals surface area contributed by atoms with Crippen LogP contribution in [0.2, 0.25) is 5.15 Å². The van der Waals surface area contributed by atoms with Crippen molar-refractivity contribution in [2.45, 2.75) is 12.5 Å². The van der Waals surface area contributed by atoms with E-state index in [9.17, 15) is 13.6 Å². The Hall–Kier alpha value is -3.32. The van der Waals surface area contributed by atoms with E-state index in [0.717, 1.165) is 12.3 Å². The van der Waals surface area contributed by atoms with Gasteiger partial charge in [-0.3, -0.25) is 0 Å². The summed E-state index contributed by atoms with van der Waals surface area (Å²) in [4.78, 5) is 24.3. The lowest BCUT2D eigenvalue weighted by molar-refractivity contribution is 0.139. The predicted octanol–water partition coefficient (Wildman–Crippen LogP) is 2.95. The fourth-order valence-corrected chi connectivity index (χ4v) is 3.60. The number of amides is 2. The molecule has 1 unspecified atom stereocenters. The number of carbonyl (C=O) groups is 1. The summed E-state index contributed by atoms with van der Waals surface area (Å²) in [6.45, 7) is 1.63. The molecule has 154 valence electrons. The molecule has 1 atom stereocenters. The lowest BCUT2D eigenvalue weighted by atomic mass is 10.0. The molecule has 0 N–H and O–H groups in total. The van der Waals surface area contributed by atoms with Crippen molar-refractivity contribution in [2.75, 3.05) is 31.1 Å². The number of halogens is 3. The van der Waals surface area contributed by atoms with Crippen molar-refractivity contribution >= 4 is 29.8 Å². The molecule has 2 amide bonds. The summed E-state index contributed by atoms with van der Waals surface area (Å²) in [5, 5.41) is 14.3. The van der Waals surface area contributed by atoms with Crippen LogP contribution in [0.5, 0.6) is 0 Å². The highest BCUT2D eigenvalue weighted by Gasteiger charge is 2.33. The van der Waals surface area contributed by atoms with E-state index < -0.39 is 17.7 Å². The van der Waals surface area contributed by atoms with E-state index in [-0.39, 0.29) is 16.7 Å². The van der Waals surface area contributed by atoms with E-state index in [2.05, 4.69) is 15.1 Å². The lowest BCUT2D eigenvalue weighted by Gasteiger charge is -2.37. The third-order valence-corrected chi connectivity index (χ3v) is 5.25. The van der Waals surface area contributed by atoms with Gasteiger partial charge in [-0.25, -0.2) is 23.6 Å². The van der Waals surface area contributed by atoms with Crippen LogP contribution in [0.25, 0.3) is 0 Å². The largest absolute Gasteiger partial charge is 0.341 e. The number of nitriles is 1. The first kappa shape index (κ1) is 20.0. The number of aromatic nitrogens is 2. The summed E-state index contributed by atoms with van der Waals surface area (Å²) in [5.41, 5.74) is 0.710. The van der Waals surface area contributed by atoms with Gasteiger partial charge in [0.15, 0.2) is 11.0 Å². The minimum absolute atomic E-state index is 0.191. The topological polar surface area (TPSA) is 88.7 Å². The van der Waals surface area contributed by atoms with Crippen molar-refractivity contribution in [1.29, 1.82) is 5.26 Å². The Morgan fingerprint density at radius 3 is 2.67 bits per heavy atom. The van der Waals surface area contributed by atoms with Crippen LogP contribution in [0.15, 0.2) is 29.5 Å². The normalized spacial score (nSPS) is 18.6. The van der Waals surface area contributed by atoms with E-state index in [0.29, 0.717) is 44.1 Å². The Morgan fingerprint density at radius 1 is 1.20 bits per heavy atom. The summed E-state index contributed by atoms with van der Waals surface area (Å²) < 4.78 is 27.1. The van der Waals surface area contributed by atoms with E-state index in [1.54, 1.807) is 17.2 Å². The zero-order chi connectivity index (χ0) is 21.3. The molecule has 4 rings (SSSR count). The molecule has 0 radical (unpaired) electrons. The molecule has 2 aliphatic rings. The second kappa shape index (κ2) is 8.20. The van der Waals surface area contributed by atoms with Crippen LogP contribution >= 0.6 is 11.6 Å². The third-order valence-electron chi connectivity index (χ3n) is 4.98. The van der Waals surface area contributed by atoms with Crippen LogP contribution in [-0.4, -0.2) is 58.3 Å². The van der Waals surface area contributed by atoms with Gasteiger partial charge in [0.2, 0.25) is 5.95 Å². The fourth-order valence-electron chi connectivity index (χ4n) is 3.48. The molecule has 1 saturated heterocycles. The van der Waals surface area contributed by atoms with Gasteiger partial charge in [0.25, 0.3) is 0 Å². The summed E-state index contributed by atoms with van der Waals surface area (Å²) >= 11 is 5.72. The Balaban J connectivity index is 1.44. The first-order valence-electron chi connectivity index (χ1n) is 9.20. The van der Waals surface area contributed by atoms with Gasteiger partial charge in [0.05, 0.1) is 23.9 Å². The maximum absolute atomic E-state index is 13.9. The molecule has 0 spiro atoms. The molecular weight excluding hydrogens is 416 g/mol. The Labute approximate surface area is 176 Å². The quantitative estimate of drug-likeness (QED) is 0.682. The van der Waals surface area contributed by atoms with Crippen LogP contribution < -0.4 is 4.90 Å². The minimum atomic E-state index is -0.691. The number of nitrogens with zero attached hydrogens (tertiary/aromatic N) is 7. The molecule has 1 aromatic carbocycles. The summed E-state index contributed by atoms with van der Waals surface area (Å²) in [5.74, 6) is -0.923. The van der Waals surface area contributed by atoms with Crippen molar-refractivity contribution in [3.63, 3.8) is 0 Å². The maximum atomic E-state index is 13.9. The Bertz CT molecular complexity index is 1050. The number of hydrazone groups is 1. The van der Waals surface area contributed by atoms with E-state index >= 15 is 0 Å². The van der Waals surface area contributed by atoms with Gasteiger partial charge in [-0.2, -0.15) is 15.3 Å². The third kappa shape index (κ3) is 3.89. The van der Waals surface area contributed by atoms with Gasteiger partial charge in [-0.1, -0.05) is 11.6 Å². The highest BCUT2D eigenvalue weighted by Crippen LogP contribution is 2.30. The zero-order valence-corrected chi connectivity index (χ0v) is 16.4. The van der Waals surface area contributed by atoms with E-state index in [1.165, 1.54) is 11.1 Å². The van der Waals surface area contributed by atoms with Gasteiger partial charge in [-0.15, -0.1) is 0 Å². The first-order valence-corrected chi connectivity index (χ1v) is 9.58. The molecule has 0 aliphatic carbocycles. The standard InChI is InChI=1S/C19H16ClF2N7O/c20-17-15(22)11-24-18(26-17)27-3-5-28(6-4-27)19(30)29-16(1-2-25-29)13-7-12(10-23)8-14(21)9-13/h2,7-9,11,16H,1,3-6H2. The molecule has 11 heteroatoms. The van der Waals surface area contributed by atoms with Gasteiger partial charge >= 0.3 is 6.03 Å². The smallest absolute Gasteiger partial charge is 0.337 e. The monoisotopic (exact) mass is 431 g/mol. The highest BCUT2D eigenvalue weighted by molar-refractivity contribution is 6.29. The molecule has 3 heterocycles. The van der Waals surface area contributed by atoms with Crippen molar-refractivity contribution in [3.05, 3.63) is 52.3 Å². The van der Waals surface area contributed by atoms with E-state index in [1.807, 2.05) is 11.0 Å². The number of hydrogen-bond acceptors (Lipinski definition) is 6. The van der Waals surface area contributed by atoms with Gasteiger partial charge in [0.1, 0.15) is 5.82 Å². The minimum Gasteiger partial charge on any atom is -0.337 e. The average molecular weight is 432 g/mol. The predicted molar refractivity (Wildman–Crippen MR) is 105 cm³/mol. The number of urea groups is 1. The second-order valence-electron chi connectivity index (χ2n) is 6.84. The summed E-state index contributed by atoms with van der Waals surface area (Å²) in [6, 6.07) is 5.16. The van der Waals surface area contributed by atoms with Crippen molar-refractivity contribution in [2.24, 2.45) is 5.10 Å². The van der Waals surface area contributed by atoms with Crippen LogP contribution in [0, 0.1) is 23.0 Å². The average Bonchev–Trinajstić information content (AvgIpc) is 3.25. The summed E-state index contributed by atoms with van der Waals surface area (Å²) in [7, 11) is 0. The molecule has 2 aromatic rings. The SMILES string of the molecule is N#Cc1cc(F)cc(C2CC=NN2C(=O)N2CCN(c3ncc(F)c(Cl)n3)CC2)c1. The van der Waals surface area contributed by atoms with Crippen molar-refractivity contribution < 1.29 is 13.6 Å². The number of piperazine rings is 1. The first-order chi connectivity index (χ1) is 14.5.